The minimum Gasteiger partial charge on any atom is -0.494 e. The minimum absolute atomic E-state index is 0.0720. The van der Waals surface area contributed by atoms with Crippen LogP contribution in [0.15, 0.2) is 54.6 Å². The quantitative estimate of drug-likeness (QED) is 0.541. The standard InChI is InChI=1S/C24H31NO2/c1-3-23(24(26)25(2)21-15-16-21)20-13-9-14-22(18-20)27-17-8-7-12-19-10-5-4-6-11-19/h4-6,9-11,13-14,18,21,23H,3,7-8,12,15-17H2,1-2H3. The third-order valence-corrected chi connectivity index (χ3v) is 5.38. The predicted molar refractivity (Wildman–Crippen MR) is 110 cm³/mol. The highest BCUT2D eigenvalue weighted by atomic mass is 16.5. The molecule has 1 saturated carbocycles. The Morgan fingerprint density at radius 3 is 2.59 bits per heavy atom. The lowest BCUT2D eigenvalue weighted by Gasteiger charge is -2.23. The second-order valence-electron chi connectivity index (χ2n) is 7.50. The highest BCUT2D eigenvalue weighted by molar-refractivity contribution is 5.84. The molecule has 1 amide bonds. The van der Waals surface area contributed by atoms with E-state index >= 15 is 0 Å². The van der Waals surface area contributed by atoms with Gasteiger partial charge >= 0.3 is 0 Å². The summed E-state index contributed by atoms with van der Waals surface area (Å²) in [6.45, 7) is 2.80. The van der Waals surface area contributed by atoms with Crippen molar-refractivity contribution in [3.8, 4) is 5.75 Å². The molecule has 2 aromatic carbocycles. The number of aryl methyl sites for hydroxylation is 1. The zero-order valence-corrected chi connectivity index (χ0v) is 16.6. The van der Waals surface area contributed by atoms with Crippen molar-refractivity contribution in [3.63, 3.8) is 0 Å². The molecule has 0 aliphatic heterocycles. The van der Waals surface area contributed by atoms with Crippen LogP contribution >= 0.6 is 0 Å². The Hall–Kier alpha value is -2.29. The number of nitrogens with zero attached hydrogens (tertiary/aromatic N) is 1. The Labute approximate surface area is 163 Å². The Balaban J connectivity index is 1.49. The molecule has 1 aliphatic rings. The summed E-state index contributed by atoms with van der Waals surface area (Å²) in [6, 6.07) is 19.1. The van der Waals surface area contributed by atoms with Crippen LogP contribution in [-0.2, 0) is 11.2 Å². The number of unbranched alkanes of at least 4 members (excludes halogenated alkanes) is 1. The molecule has 2 aromatic rings. The highest BCUT2D eigenvalue weighted by Crippen LogP contribution is 2.31. The molecule has 0 bridgehead atoms. The molecule has 1 aliphatic carbocycles. The molecule has 1 unspecified atom stereocenters. The van der Waals surface area contributed by atoms with Crippen molar-refractivity contribution in [3.05, 3.63) is 65.7 Å². The van der Waals surface area contributed by atoms with E-state index in [0.717, 1.165) is 49.8 Å². The van der Waals surface area contributed by atoms with Crippen molar-refractivity contribution < 1.29 is 9.53 Å². The molecule has 3 heteroatoms. The average molecular weight is 366 g/mol. The second kappa shape index (κ2) is 9.59. The minimum atomic E-state index is -0.0720. The van der Waals surface area contributed by atoms with Gasteiger partial charge in [-0.1, -0.05) is 49.4 Å². The number of carbonyl (C=O) groups is 1. The van der Waals surface area contributed by atoms with E-state index in [1.165, 1.54) is 5.56 Å². The van der Waals surface area contributed by atoms with Crippen molar-refractivity contribution in [2.24, 2.45) is 0 Å². The van der Waals surface area contributed by atoms with E-state index in [4.69, 9.17) is 4.74 Å². The van der Waals surface area contributed by atoms with Crippen LogP contribution in [0.2, 0.25) is 0 Å². The maximum Gasteiger partial charge on any atom is 0.230 e. The fraction of sp³-hybridized carbons (Fsp3) is 0.458. The average Bonchev–Trinajstić information content (AvgIpc) is 3.54. The van der Waals surface area contributed by atoms with E-state index < -0.39 is 0 Å². The molecule has 0 radical (unpaired) electrons. The van der Waals surface area contributed by atoms with Gasteiger partial charge in [-0.15, -0.1) is 0 Å². The Morgan fingerprint density at radius 2 is 1.89 bits per heavy atom. The van der Waals surface area contributed by atoms with Crippen molar-refractivity contribution in [1.29, 1.82) is 0 Å². The largest absolute Gasteiger partial charge is 0.494 e. The Kier molecular flexibility index (Phi) is 6.92. The topological polar surface area (TPSA) is 29.5 Å². The Morgan fingerprint density at radius 1 is 1.11 bits per heavy atom. The summed E-state index contributed by atoms with van der Waals surface area (Å²) in [5, 5.41) is 0. The number of hydrogen-bond donors (Lipinski definition) is 0. The van der Waals surface area contributed by atoms with Crippen LogP contribution in [0.25, 0.3) is 0 Å². The summed E-state index contributed by atoms with van der Waals surface area (Å²) in [5.74, 6) is 1.03. The van der Waals surface area contributed by atoms with Crippen LogP contribution in [0.1, 0.15) is 56.1 Å². The monoisotopic (exact) mass is 365 g/mol. The van der Waals surface area contributed by atoms with Gasteiger partial charge in [0.1, 0.15) is 5.75 Å². The molecule has 0 saturated heterocycles. The second-order valence-corrected chi connectivity index (χ2v) is 7.50. The van der Waals surface area contributed by atoms with Gasteiger partial charge in [0.25, 0.3) is 0 Å². The van der Waals surface area contributed by atoms with E-state index in [1.807, 2.05) is 30.1 Å². The van der Waals surface area contributed by atoms with Crippen LogP contribution in [0.3, 0.4) is 0 Å². The number of ether oxygens (including phenoxy) is 1. The summed E-state index contributed by atoms with van der Waals surface area (Å²) in [5.41, 5.74) is 2.44. The van der Waals surface area contributed by atoms with Gasteiger partial charge in [-0.05, 0) is 61.8 Å². The maximum atomic E-state index is 12.8. The van der Waals surface area contributed by atoms with Gasteiger partial charge in [-0.3, -0.25) is 4.79 Å². The van der Waals surface area contributed by atoms with Gasteiger partial charge in [0.2, 0.25) is 5.91 Å². The molecule has 1 atom stereocenters. The third kappa shape index (κ3) is 5.59. The van der Waals surface area contributed by atoms with Gasteiger partial charge < -0.3 is 9.64 Å². The molecular weight excluding hydrogens is 334 g/mol. The smallest absolute Gasteiger partial charge is 0.230 e. The molecule has 3 rings (SSSR count). The van der Waals surface area contributed by atoms with Crippen molar-refractivity contribution >= 4 is 5.91 Å². The van der Waals surface area contributed by atoms with Gasteiger partial charge in [-0.25, -0.2) is 0 Å². The molecule has 0 aromatic heterocycles. The molecule has 27 heavy (non-hydrogen) atoms. The van der Waals surface area contributed by atoms with Gasteiger partial charge in [-0.2, -0.15) is 0 Å². The van der Waals surface area contributed by atoms with Crippen LogP contribution in [0, 0.1) is 0 Å². The van der Waals surface area contributed by atoms with E-state index in [9.17, 15) is 4.79 Å². The summed E-state index contributed by atoms with van der Waals surface area (Å²) in [4.78, 5) is 14.7. The maximum absolute atomic E-state index is 12.8. The summed E-state index contributed by atoms with van der Waals surface area (Å²) >= 11 is 0. The number of benzene rings is 2. The van der Waals surface area contributed by atoms with E-state index in [2.05, 4.69) is 43.3 Å². The van der Waals surface area contributed by atoms with Crippen molar-refractivity contribution in [1.82, 2.24) is 4.90 Å². The van der Waals surface area contributed by atoms with E-state index in [1.54, 1.807) is 0 Å². The molecule has 144 valence electrons. The van der Waals surface area contributed by atoms with Gasteiger partial charge in [0.05, 0.1) is 12.5 Å². The fourth-order valence-electron chi connectivity index (χ4n) is 3.53. The SMILES string of the molecule is CCC(C(=O)N(C)C1CC1)c1cccc(OCCCCc2ccccc2)c1. The van der Waals surface area contributed by atoms with Crippen molar-refractivity contribution in [2.75, 3.05) is 13.7 Å². The first-order valence-corrected chi connectivity index (χ1v) is 10.2. The first-order valence-electron chi connectivity index (χ1n) is 10.2. The van der Waals surface area contributed by atoms with Gasteiger partial charge in [0, 0.05) is 13.1 Å². The van der Waals surface area contributed by atoms with Crippen LogP contribution in [0.5, 0.6) is 5.75 Å². The number of hydrogen-bond acceptors (Lipinski definition) is 2. The van der Waals surface area contributed by atoms with Crippen LogP contribution in [-0.4, -0.2) is 30.5 Å². The fourth-order valence-corrected chi connectivity index (χ4v) is 3.53. The lowest BCUT2D eigenvalue weighted by molar-refractivity contribution is -0.132. The molecular formula is C24H31NO2. The van der Waals surface area contributed by atoms with E-state index in [-0.39, 0.29) is 11.8 Å². The molecule has 0 N–H and O–H groups in total. The summed E-state index contributed by atoms with van der Waals surface area (Å²) in [7, 11) is 1.94. The van der Waals surface area contributed by atoms with Crippen molar-refractivity contribution in [2.45, 2.75) is 57.4 Å². The molecule has 0 spiro atoms. The lowest BCUT2D eigenvalue weighted by atomic mass is 9.95. The normalized spacial score (nSPS) is 14.6. The highest BCUT2D eigenvalue weighted by Gasteiger charge is 2.33. The summed E-state index contributed by atoms with van der Waals surface area (Å²) in [6.07, 6.45) is 6.34. The van der Waals surface area contributed by atoms with Crippen LogP contribution < -0.4 is 4.74 Å². The van der Waals surface area contributed by atoms with Gasteiger partial charge in [0.15, 0.2) is 0 Å². The number of likely N-dealkylation sites (N-methyl/N-ethyl adjacent to an activating group) is 1. The zero-order chi connectivity index (χ0) is 19.1. The molecule has 1 fully saturated rings. The molecule has 3 nitrogen and oxygen atoms in total. The number of rotatable bonds is 10. The summed E-state index contributed by atoms with van der Waals surface area (Å²) < 4.78 is 5.95. The predicted octanol–water partition coefficient (Wildman–Crippen LogP) is 5.20. The van der Waals surface area contributed by atoms with E-state index in [0.29, 0.717) is 12.6 Å². The first-order chi connectivity index (χ1) is 13.2. The number of amides is 1. The zero-order valence-electron chi connectivity index (χ0n) is 16.6. The lowest BCUT2D eigenvalue weighted by Crippen LogP contribution is -2.33. The first kappa shape index (κ1) is 19.5. The Bertz CT molecular complexity index is 724. The van der Waals surface area contributed by atoms with Crippen LogP contribution in [0.4, 0.5) is 0 Å². The molecule has 0 heterocycles. The third-order valence-electron chi connectivity index (χ3n) is 5.38. The number of carbonyl (C=O) groups excluding carboxylic acids is 1.